The molecule has 2 aliphatic rings. The maximum atomic E-state index is 13.9. The molecule has 1 unspecified atom stereocenters. The van der Waals surface area contributed by atoms with Gasteiger partial charge in [-0.1, -0.05) is 17.7 Å². The quantitative estimate of drug-likeness (QED) is 0.502. The molecule has 35 heavy (non-hydrogen) atoms. The van der Waals surface area contributed by atoms with Crippen LogP contribution in [-0.4, -0.2) is 44.5 Å². The fraction of sp³-hybridized carbons (Fsp3) is 0.304. The lowest BCUT2D eigenvalue weighted by Gasteiger charge is -2.32. The van der Waals surface area contributed by atoms with E-state index in [0.29, 0.717) is 51.7 Å². The van der Waals surface area contributed by atoms with Gasteiger partial charge < -0.3 is 10.2 Å². The first-order valence-electron chi connectivity index (χ1n) is 10.8. The maximum Gasteiger partial charge on any atom is 0.333 e. The Morgan fingerprint density at radius 3 is 2.86 bits per heavy atom. The predicted octanol–water partition coefficient (Wildman–Crippen LogP) is 4.90. The Bertz CT molecular complexity index is 1320. The van der Waals surface area contributed by atoms with Crippen LogP contribution >= 0.6 is 22.9 Å². The van der Waals surface area contributed by atoms with Crippen molar-refractivity contribution in [2.24, 2.45) is 10.9 Å². The molecule has 0 spiro atoms. The molecule has 0 bridgehead atoms. The summed E-state index contributed by atoms with van der Waals surface area (Å²) < 4.78 is 41.2. The van der Waals surface area contributed by atoms with E-state index in [0.717, 1.165) is 5.70 Å². The fourth-order valence-corrected chi connectivity index (χ4v) is 5.40. The van der Waals surface area contributed by atoms with Crippen molar-refractivity contribution >= 4 is 40.3 Å². The number of carbonyl (C=O) groups is 1. The molecule has 12 heteroatoms. The Hall–Kier alpha value is -3.18. The molecule has 2 aliphatic heterocycles. The average Bonchev–Trinajstić information content (AvgIpc) is 3.57. The van der Waals surface area contributed by atoms with Crippen LogP contribution in [0.2, 0.25) is 5.02 Å². The summed E-state index contributed by atoms with van der Waals surface area (Å²) in [6.07, 6.45) is 4.90. The largest absolute Gasteiger partial charge is 0.356 e. The number of carbonyl (C=O) groups excluding carboxylic acids is 1. The third-order valence-electron chi connectivity index (χ3n) is 5.97. The minimum Gasteiger partial charge on any atom is -0.356 e. The molecule has 1 saturated heterocycles. The van der Waals surface area contributed by atoms with Crippen molar-refractivity contribution in [3.05, 3.63) is 74.8 Å². The molecule has 3 aromatic rings. The van der Waals surface area contributed by atoms with Gasteiger partial charge in [-0.2, -0.15) is 13.9 Å². The monoisotopic (exact) mass is 520 g/mol. The van der Waals surface area contributed by atoms with E-state index in [1.807, 2.05) is 10.3 Å². The van der Waals surface area contributed by atoms with Gasteiger partial charge in [0.05, 0.1) is 6.20 Å². The van der Waals surface area contributed by atoms with E-state index < -0.39 is 18.4 Å². The SMILES string of the molecule is CC(=O)NCC1CC2=C(c3cnn(C(F)F)c3)[C@H](c3ccc(F)cc3Cl)N=C(c3nccs3)N2C1. The summed E-state index contributed by atoms with van der Waals surface area (Å²) in [5.74, 6) is 0.0562. The normalized spacial score (nSPS) is 19.8. The van der Waals surface area contributed by atoms with Crippen molar-refractivity contribution in [1.82, 2.24) is 25.0 Å². The van der Waals surface area contributed by atoms with Crippen molar-refractivity contribution in [3.63, 3.8) is 0 Å². The van der Waals surface area contributed by atoms with Crippen LogP contribution in [0.4, 0.5) is 13.2 Å². The predicted molar refractivity (Wildman–Crippen MR) is 127 cm³/mol. The number of nitrogens with one attached hydrogen (secondary N) is 1. The van der Waals surface area contributed by atoms with Crippen molar-refractivity contribution in [2.45, 2.75) is 25.9 Å². The van der Waals surface area contributed by atoms with Crippen LogP contribution in [0, 0.1) is 11.7 Å². The lowest BCUT2D eigenvalue weighted by atomic mass is 9.90. The third-order valence-corrected chi connectivity index (χ3v) is 7.07. The highest BCUT2D eigenvalue weighted by Gasteiger charge is 2.40. The smallest absolute Gasteiger partial charge is 0.333 e. The zero-order valence-corrected chi connectivity index (χ0v) is 20.0. The molecule has 5 rings (SSSR count). The number of amidine groups is 1. The van der Waals surface area contributed by atoms with Gasteiger partial charge >= 0.3 is 6.55 Å². The number of aromatic nitrogens is 3. The molecule has 1 aromatic carbocycles. The minimum atomic E-state index is -2.80. The van der Waals surface area contributed by atoms with Crippen LogP contribution in [0.3, 0.4) is 0 Å². The number of amides is 1. The van der Waals surface area contributed by atoms with Gasteiger partial charge in [0.15, 0.2) is 10.8 Å². The minimum absolute atomic E-state index is 0.0571. The Morgan fingerprint density at radius 2 is 2.20 bits per heavy atom. The van der Waals surface area contributed by atoms with Crippen molar-refractivity contribution in [3.8, 4) is 0 Å². The number of allylic oxidation sites excluding steroid dienone is 1. The maximum absolute atomic E-state index is 13.9. The average molecular weight is 521 g/mol. The van der Waals surface area contributed by atoms with E-state index in [-0.39, 0.29) is 16.8 Å². The van der Waals surface area contributed by atoms with E-state index >= 15 is 0 Å². The number of aliphatic imine (C=N–C) groups is 1. The third kappa shape index (κ3) is 4.57. The summed E-state index contributed by atoms with van der Waals surface area (Å²) in [6, 6.07) is 3.37. The second kappa shape index (κ2) is 9.46. The summed E-state index contributed by atoms with van der Waals surface area (Å²) in [4.78, 5) is 23.0. The highest BCUT2D eigenvalue weighted by atomic mass is 35.5. The molecule has 0 radical (unpaired) electrons. The second-order valence-corrected chi connectivity index (χ2v) is 9.62. The van der Waals surface area contributed by atoms with Crippen molar-refractivity contribution in [2.75, 3.05) is 13.1 Å². The Balaban J connectivity index is 1.68. The number of nitrogens with zero attached hydrogens (tertiary/aromatic N) is 5. The van der Waals surface area contributed by atoms with Gasteiger partial charge in [-0.05, 0) is 30.0 Å². The second-order valence-electron chi connectivity index (χ2n) is 8.32. The lowest BCUT2D eigenvalue weighted by Crippen LogP contribution is -2.34. The van der Waals surface area contributed by atoms with Crippen LogP contribution < -0.4 is 5.32 Å². The van der Waals surface area contributed by atoms with E-state index in [1.165, 1.54) is 42.8 Å². The van der Waals surface area contributed by atoms with E-state index in [2.05, 4.69) is 15.4 Å². The number of hydrogen-bond acceptors (Lipinski definition) is 6. The molecule has 0 aliphatic carbocycles. The Labute approximate surface area is 207 Å². The number of fused-ring (bicyclic) bond motifs is 1. The Morgan fingerprint density at radius 1 is 1.37 bits per heavy atom. The van der Waals surface area contributed by atoms with Crippen molar-refractivity contribution < 1.29 is 18.0 Å². The molecule has 1 fully saturated rings. The lowest BCUT2D eigenvalue weighted by molar-refractivity contribution is -0.119. The van der Waals surface area contributed by atoms with Gasteiger partial charge in [0.1, 0.15) is 11.9 Å². The summed E-state index contributed by atoms with van der Waals surface area (Å²) in [7, 11) is 0. The standard InChI is InChI=1S/C23H20ClF3N6OS/c1-12(34)29-8-13-6-18-19(14-9-30-33(11-14)23(26)27)20(16-3-2-15(25)7-17(16)24)31-21(32(18)10-13)22-28-4-5-35-22/h2-5,7,9,11,13,20,23H,6,8,10H2,1H3,(H,29,34)/t13?,20-/m0/s1. The topological polar surface area (TPSA) is 75.4 Å². The molecule has 1 N–H and O–H groups in total. The summed E-state index contributed by atoms with van der Waals surface area (Å²) in [6.45, 7) is -0.329. The number of rotatable bonds is 6. The van der Waals surface area contributed by atoms with Gasteiger partial charge in [0.2, 0.25) is 5.91 Å². The zero-order chi connectivity index (χ0) is 24.7. The van der Waals surface area contributed by atoms with E-state index in [4.69, 9.17) is 16.6 Å². The summed E-state index contributed by atoms with van der Waals surface area (Å²) >= 11 is 7.88. The van der Waals surface area contributed by atoms with Crippen molar-refractivity contribution in [1.29, 1.82) is 0 Å². The molecular weight excluding hydrogens is 501 g/mol. The van der Waals surface area contributed by atoms with Gasteiger partial charge in [0.25, 0.3) is 0 Å². The van der Waals surface area contributed by atoms with Crippen LogP contribution in [0.15, 0.2) is 52.9 Å². The highest BCUT2D eigenvalue weighted by Crippen LogP contribution is 2.47. The van der Waals surface area contributed by atoms with Gasteiger partial charge in [-0.25, -0.2) is 14.1 Å². The number of thiazole rings is 1. The number of hydrogen-bond donors (Lipinski definition) is 1. The van der Waals surface area contributed by atoms with E-state index in [9.17, 15) is 18.0 Å². The van der Waals surface area contributed by atoms with Crippen LogP contribution in [0.25, 0.3) is 5.57 Å². The molecule has 1 amide bonds. The number of halogens is 4. The zero-order valence-electron chi connectivity index (χ0n) is 18.5. The molecule has 2 atom stereocenters. The van der Waals surface area contributed by atoms with Gasteiger partial charge in [-0.3, -0.25) is 9.79 Å². The van der Waals surface area contributed by atoms with Gasteiger partial charge in [-0.15, -0.1) is 11.3 Å². The number of benzene rings is 1. The highest BCUT2D eigenvalue weighted by molar-refractivity contribution is 7.11. The van der Waals surface area contributed by atoms with Gasteiger partial charge in [0, 0.05) is 59.6 Å². The molecule has 182 valence electrons. The molecule has 0 saturated carbocycles. The number of alkyl halides is 2. The first-order valence-corrected chi connectivity index (χ1v) is 12.1. The molecular formula is C23H20ClF3N6OS. The summed E-state index contributed by atoms with van der Waals surface area (Å²) in [5.41, 5.74) is 2.54. The van der Waals surface area contributed by atoms with Crippen LogP contribution in [0.5, 0.6) is 0 Å². The van der Waals surface area contributed by atoms with Crippen LogP contribution in [-0.2, 0) is 4.79 Å². The van der Waals surface area contributed by atoms with Crippen LogP contribution in [0.1, 0.15) is 42.1 Å². The summed E-state index contributed by atoms with van der Waals surface area (Å²) in [5, 5.41) is 9.39. The first-order chi connectivity index (χ1) is 16.8. The molecule has 2 aromatic heterocycles. The molecule has 7 nitrogen and oxygen atoms in total. The molecule has 4 heterocycles. The first kappa shape index (κ1) is 23.6. The van der Waals surface area contributed by atoms with E-state index in [1.54, 1.807) is 12.3 Å². The fourth-order valence-electron chi connectivity index (χ4n) is 4.49. The Kier molecular flexibility index (Phi) is 6.37.